The predicted molar refractivity (Wildman–Crippen MR) is 80.2 cm³/mol. The maximum Gasteiger partial charge on any atom is 0.107 e. The first-order valence-corrected chi connectivity index (χ1v) is 6.80. The van der Waals surface area contributed by atoms with Crippen molar-refractivity contribution in [2.24, 2.45) is 0 Å². The van der Waals surface area contributed by atoms with Crippen molar-refractivity contribution < 1.29 is 0 Å². The summed E-state index contributed by atoms with van der Waals surface area (Å²) in [6.45, 7) is 9.55. The molecule has 0 aliphatic carbocycles. The molecule has 0 radical (unpaired) electrons. The Morgan fingerprint density at radius 2 is 1.84 bits per heavy atom. The number of imidazole rings is 1. The molecule has 0 saturated carbocycles. The van der Waals surface area contributed by atoms with Crippen molar-refractivity contribution in [3.8, 4) is 11.3 Å². The molecule has 0 aliphatic heterocycles. The van der Waals surface area contributed by atoms with E-state index >= 15 is 0 Å². The van der Waals surface area contributed by atoms with Crippen LogP contribution in [0.2, 0.25) is 0 Å². The molecule has 3 heteroatoms. The predicted octanol–water partition coefficient (Wildman–Crippen LogP) is 3.32. The number of rotatable bonds is 4. The van der Waals surface area contributed by atoms with Gasteiger partial charge in [-0.25, -0.2) is 4.98 Å². The normalized spacial score (nSPS) is 11.8. The number of aromatic nitrogens is 2. The van der Waals surface area contributed by atoms with Gasteiger partial charge in [-0.15, -0.1) is 0 Å². The van der Waals surface area contributed by atoms with Crippen molar-refractivity contribution in [1.29, 1.82) is 0 Å². The fraction of sp³-hybridized carbons (Fsp3) is 0.438. The maximum absolute atomic E-state index is 4.44. The molecule has 0 bridgehead atoms. The molecule has 0 amide bonds. The summed E-state index contributed by atoms with van der Waals surface area (Å²) >= 11 is 0. The van der Waals surface area contributed by atoms with Crippen molar-refractivity contribution >= 4 is 0 Å². The SMILES string of the molecule is Cc1ccc(-c2cnc(CCNC(C)(C)C)[nH]2)cc1. The molecule has 102 valence electrons. The molecule has 0 fully saturated rings. The molecule has 0 saturated heterocycles. The minimum absolute atomic E-state index is 0.159. The summed E-state index contributed by atoms with van der Waals surface area (Å²) < 4.78 is 0. The van der Waals surface area contributed by atoms with Crippen LogP contribution < -0.4 is 5.32 Å². The molecule has 1 aromatic heterocycles. The fourth-order valence-electron chi connectivity index (χ4n) is 1.93. The second-order valence-electron chi connectivity index (χ2n) is 6.04. The summed E-state index contributed by atoms with van der Waals surface area (Å²) in [6, 6.07) is 8.49. The van der Waals surface area contributed by atoms with Gasteiger partial charge in [0, 0.05) is 18.5 Å². The zero-order valence-electron chi connectivity index (χ0n) is 12.2. The summed E-state index contributed by atoms with van der Waals surface area (Å²) in [4.78, 5) is 7.82. The molecule has 0 atom stereocenters. The molecular formula is C16H23N3. The summed E-state index contributed by atoms with van der Waals surface area (Å²) in [6.07, 6.45) is 2.83. The van der Waals surface area contributed by atoms with Gasteiger partial charge in [-0.3, -0.25) is 0 Å². The Morgan fingerprint density at radius 3 is 2.47 bits per heavy atom. The smallest absolute Gasteiger partial charge is 0.107 e. The van der Waals surface area contributed by atoms with Crippen LogP contribution in [0.25, 0.3) is 11.3 Å². The zero-order chi connectivity index (χ0) is 13.9. The lowest BCUT2D eigenvalue weighted by Crippen LogP contribution is -2.37. The Labute approximate surface area is 115 Å². The van der Waals surface area contributed by atoms with Crippen molar-refractivity contribution in [3.63, 3.8) is 0 Å². The quantitative estimate of drug-likeness (QED) is 0.882. The lowest BCUT2D eigenvalue weighted by Gasteiger charge is -2.19. The topological polar surface area (TPSA) is 40.7 Å². The third-order valence-electron chi connectivity index (χ3n) is 3.01. The number of benzene rings is 1. The third kappa shape index (κ3) is 4.21. The first-order valence-electron chi connectivity index (χ1n) is 6.80. The summed E-state index contributed by atoms with van der Waals surface area (Å²) in [5.41, 5.74) is 3.71. The van der Waals surface area contributed by atoms with Gasteiger partial charge >= 0.3 is 0 Å². The Hall–Kier alpha value is -1.61. The standard InChI is InChI=1S/C16H23N3/c1-12-5-7-13(8-6-12)14-11-17-15(19-14)9-10-18-16(2,3)4/h5-8,11,18H,9-10H2,1-4H3,(H,17,19). The Morgan fingerprint density at radius 1 is 1.16 bits per heavy atom. The first-order chi connectivity index (χ1) is 8.94. The van der Waals surface area contributed by atoms with Gasteiger partial charge in [0.1, 0.15) is 5.82 Å². The van der Waals surface area contributed by atoms with Crippen LogP contribution in [0.1, 0.15) is 32.2 Å². The van der Waals surface area contributed by atoms with E-state index < -0.39 is 0 Å². The van der Waals surface area contributed by atoms with E-state index in [0.29, 0.717) is 0 Å². The van der Waals surface area contributed by atoms with Crippen molar-refractivity contribution in [2.75, 3.05) is 6.54 Å². The van der Waals surface area contributed by atoms with E-state index in [2.05, 4.69) is 67.2 Å². The molecule has 0 aliphatic rings. The second-order valence-corrected chi connectivity index (χ2v) is 6.04. The largest absolute Gasteiger partial charge is 0.342 e. The molecule has 1 aromatic carbocycles. The molecule has 2 aromatic rings. The van der Waals surface area contributed by atoms with Crippen LogP contribution in [0.15, 0.2) is 30.5 Å². The Kier molecular flexibility index (Phi) is 4.05. The summed E-state index contributed by atoms with van der Waals surface area (Å²) in [5.74, 6) is 1.03. The highest BCUT2D eigenvalue weighted by Crippen LogP contribution is 2.17. The number of nitrogens with one attached hydrogen (secondary N) is 2. The molecular weight excluding hydrogens is 234 g/mol. The van der Waals surface area contributed by atoms with Crippen molar-refractivity contribution in [1.82, 2.24) is 15.3 Å². The fourth-order valence-corrected chi connectivity index (χ4v) is 1.93. The maximum atomic E-state index is 4.44. The highest BCUT2D eigenvalue weighted by atomic mass is 15.0. The van der Waals surface area contributed by atoms with Crippen LogP contribution in [-0.4, -0.2) is 22.1 Å². The molecule has 2 N–H and O–H groups in total. The van der Waals surface area contributed by atoms with Crippen molar-refractivity contribution in [2.45, 2.75) is 39.7 Å². The van der Waals surface area contributed by atoms with Gasteiger partial charge in [0.25, 0.3) is 0 Å². The van der Waals surface area contributed by atoms with E-state index in [1.165, 1.54) is 11.1 Å². The van der Waals surface area contributed by atoms with E-state index in [0.717, 1.165) is 24.5 Å². The molecule has 0 spiro atoms. The highest BCUT2D eigenvalue weighted by molar-refractivity contribution is 5.58. The molecule has 1 heterocycles. The van der Waals surface area contributed by atoms with E-state index in [1.807, 2.05) is 6.20 Å². The van der Waals surface area contributed by atoms with E-state index in [1.54, 1.807) is 0 Å². The number of nitrogens with zero attached hydrogens (tertiary/aromatic N) is 1. The highest BCUT2D eigenvalue weighted by Gasteiger charge is 2.09. The number of hydrogen-bond acceptors (Lipinski definition) is 2. The van der Waals surface area contributed by atoms with Gasteiger partial charge in [0.05, 0.1) is 11.9 Å². The Balaban J connectivity index is 1.97. The van der Waals surface area contributed by atoms with Crippen molar-refractivity contribution in [3.05, 3.63) is 41.9 Å². The number of H-pyrrole nitrogens is 1. The van der Waals surface area contributed by atoms with Gasteiger partial charge in [0.15, 0.2) is 0 Å². The van der Waals surface area contributed by atoms with Gasteiger partial charge in [-0.05, 0) is 33.3 Å². The monoisotopic (exact) mass is 257 g/mol. The number of aromatic amines is 1. The third-order valence-corrected chi connectivity index (χ3v) is 3.01. The minimum Gasteiger partial charge on any atom is -0.342 e. The van der Waals surface area contributed by atoms with Crippen LogP contribution in [0.5, 0.6) is 0 Å². The van der Waals surface area contributed by atoms with E-state index in [4.69, 9.17) is 0 Å². The molecule has 0 unspecified atom stereocenters. The van der Waals surface area contributed by atoms with Crippen LogP contribution in [0, 0.1) is 6.92 Å². The van der Waals surface area contributed by atoms with Gasteiger partial charge in [-0.2, -0.15) is 0 Å². The minimum atomic E-state index is 0.159. The van der Waals surface area contributed by atoms with Gasteiger partial charge < -0.3 is 10.3 Å². The number of aryl methyl sites for hydroxylation is 1. The van der Waals surface area contributed by atoms with E-state index in [-0.39, 0.29) is 5.54 Å². The van der Waals surface area contributed by atoms with Crippen LogP contribution >= 0.6 is 0 Å². The van der Waals surface area contributed by atoms with Gasteiger partial charge in [-0.1, -0.05) is 29.8 Å². The molecule has 2 rings (SSSR count). The Bertz CT molecular complexity index is 518. The average molecular weight is 257 g/mol. The molecule has 19 heavy (non-hydrogen) atoms. The van der Waals surface area contributed by atoms with Gasteiger partial charge in [0.2, 0.25) is 0 Å². The first kappa shape index (κ1) is 13.8. The zero-order valence-corrected chi connectivity index (χ0v) is 12.2. The average Bonchev–Trinajstić information content (AvgIpc) is 2.77. The summed E-state index contributed by atoms with van der Waals surface area (Å²) in [5, 5.41) is 3.47. The van der Waals surface area contributed by atoms with Crippen LogP contribution in [-0.2, 0) is 6.42 Å². The lowest BCUT2D eigenvalue weighted by molar-refractivity contribution is 0.427. The van der Waals surface area contributed by atoms with E-state index in [9.17, 15) is 0 Å². The second kappa shape index (κ2) is 5.57. The number of hydrogen-bond donors (Lipinski definition) is 2. The molecule has 3 nitrogen and oxygen atoms in total. The lowest BCUT2D eigenvalue weighted by atomic mass is 10.1. The van der Waals surface area contributed by atoms with Crippen LogP contribution in [0.4, 0.5) is 0 Å². The summed E-state index contributed by atoms with van der Waals surface area (Å²) in [7, 11) is 0. The van der Waals surface area contributed by atoms with Crippen LogP contribution in [0.3, 0.4) is 0 Å².